The second-order valence-electron chi connectivity index (χ2n) is 6.63. The minimum Gasteiger partial charge on any atom is -0.483 e. The van der Waals surface area contributed by atoms with Crippen molar-refractivity contribution in [1.82, 2.24) is 9.80 Å². The number of ether oxygens (including phenoxy) is 1. The van der Waals surface area contributed by atoms with Gasteiger partial charge in [0.1, 0.15) is 11.3 Å². The number of benzene rings is 2. The molecular weight excluding hydrogens is 382 g/mol. The van der Waals surface area contributed by atoms with E-state index in [2.05, 4.69) is 4.90 Å². The van der Waals surface area contributed by atoms with Crippen LogP contribution in [0.4, 0.5) is 5.69 Å². The van der Waals surface area contributed by atoms with Crippen molar-refractivity contribution < 1.29 is 19.4 Å². The van der Waals surface area contributed by atoms with E-state index in [1.54, 1.807) is 11.0 Å². The van der Waals surface area contributed by atoms with Crippen molar-refractivity contribution in [3.63, 3.8) is 0 Å². The molecule has 148 valence electrons. The molecule has 2 aromatic rings. The molecule has 7 nitrogen and oxygen atoms in total. The molecule has 0 aliphatic carbocycles. The Hall–Kier alpha value is -2.77. The molecule has 1 amide bonds. The van der Waals surface area contributed by atoms with Crippen LogP contribution in [0.2, 0.25) is 5.02 Å². The van der Waals surface area contributed by atoms with Gasteiger partial charge in [-0.2, -0.15) is 0 Å². The molecule has 1 saturated heterocycles. The van der Waals surface area contributed by atoms with Gasteiger partial charge in [0.2, 0.25) is 0 Å². The number of amides is 1. The third-order valence-corrected chi connectivity index (χ3v) is 4.88. The number of anilines is 1. The second-order valence-corrected chi connectivity index (χ2v) is 7.07. The summed E-state index contributed by atoms with van der Waals surface area (Å²) >= 11 is 5.91. The number of carboxylic acid groups (broad SMARTS) is 1. The van der Waals surface area contributed by atoms with Crippen LogP contribution in [0.5, 0.6) is 5.75 Å². The average Bonchev–Trinajstić information content (AvgIpc) is 2.69. The number of hydrogen-bond donors (Lipinski definition) is 2. The molecule has 0 unspecified atom stereocenters. The number of hydrogen-bond acceptors (Lipinski definition) is 5. The fourth-order valence-electron chi connectivity index (χ4n) is 3.07. The molecule has 3 N–H and O–H groups in total. The van der Waals surface area contributed by atoms with Crippen LogP contribution >= 0.6 is 11.6 Å². The number of carbonyl (C=O) groups excluding carboxylic acids is 1. The van der Waals surface area contributed by atoms with Crippen LogP contribution in [-0.2, 0) is 11.3 Å². The fraction of sp³-hybridized carbons (Fsp3) is 0.300. The van der Waals surface area contributed by atoms with E-state index in [-0.39, 0.29) is 23.8 Å². The maximum absolute atomic E-state index is 12.4. The van der Waals surface area contributed by atoms with Crippen LogP contribution in [0, 0.1) is 0 Å². The van der Waals surface area contributed by atoms with Crippen molar-refractivity contribution in [2.45, 2.75) is 6.54 Å². The van der Waals surface area contributed by atoms with Crippen LogP contribution in [0.25, 0.3) is 0 Å². The summed E-state index contributed by atoms with van der Waals surface area (Å²) in [6.45, 7) is 3.32. The molecule has 1 heterocycles. The number of carboxylic acids is 1. The first-order valence-corrected chi connectivity index (χ1v) is 9.30. The summed E-state index contributed by atoms with van der Waals surface area (Å²) in [4.78, 5) is 27.7. The molecule has 8 heteroatoms. The third-order valence-electron chi connectivity index (χ3n) is 4.63. The Balaban J connectivity index is 1.49. The van der Waals surface area contributed by atoms with Gasteiger partial charge < -0.3 is 20.5 Å². The first-order valence-electron chi connectivity index (χ1n) is 8.92. The topological polar surface area (TPSA) is 96.1 Å². The quantitative estimate of drug-likeness (QED) is 0.719. The highest BCUT2D eigenvalue weighted by Crippen LogP contribution is 2.21. The normalized spacial score (nSPS) is 14.7. The van der Waals surface area contributed by atoms with E-state index in [0.29, 0.717) is 23.8 Å². The summed E-state index contributed by atoms with van der Waals surface area (Å²) < 4.78 is 5.45. The van der Waals surface area contributed by atoms with Crippen LogP contribution < -0.4 is 10.5 Å². The number of nitrogen functional groups attached to an aromatic ring is 1. The molecule has 0 aromatic heterocycles. The first-order chi connectivity index (χ1) is 13.4. The first kappa shape index (κ1) is 20.0. The lowest BCUT2D eigenvalue weighted by Gasteiger charge is -2.34. The molecule has 0 bridgehead atoms. The van der Waals surface area contributed by atoms with Gasteiger partial charge in [-0.05, 0) is 35.9 Å². The van der Waals surface area contributed by atoms with Crippen molar-refractivity contribution in [2.75, 3.05) is 38.5 Å². The zero-order valence-corrected chi connectivity index (χ0v) is 16.1. The van der Waals surface area contributed by atoms with Crippen LogP contribution in [0.3, 0.4) is 0 Å². The molecule has 1 aliphatic heterocycles. The molecule has 3 rings (SSSR count). The summed E-state index contributed by atoms with van der Waals surface area (Å²) in [6, 6.07) is 12.1. The van der Waals surface area contributed by atoms with Crippen molar-refractivity contribution in [3.8, 4) is 5.75 Å². The number of halogens is 1. The maximum atomic E-state index is 12.4. The molecule has 0 radical (unpaired) electrons. The van der Waals surface area contributed by atoms with E-state index < -0.39 is 5.97 Å². The van der Waals surface area contributed by atoms with E-state index in [1.165, 1.54) is 17.7 Å². The van der Waals surface area contributed by atoms with Crippen molar-refractivity contribution in [1.29, 1.82) is 0 Å². The zero-order chi connectivity index (χ0) is 20.1. The number of nitrogens with zero attached hydrogens (tertiary/aromatic N) is 2. The zero-order valence-electron chi connectivity index (χ0n) is 15.3. The largest absolute Gasteiger partial charge is 0.483 e. The van der Waals surface area contributed by atoms with Crippen molar-refractivity contribution in [2.24, 2.45) is 0 Å². The third kappa shape index (κ3) is 5.15. The van der Waals surface area contributed by atoms with Gasteiger partial charge in [-0.15, -0.1) is 0 Å². The number of piperazine rings is 1. The molecule has 28 heavy (non-hydrogen) atoms. The Labute approximate surface area is 168 Å². The predicted octanol–water partition coefficient (Wildman–Crippen LogP) is 2.34. The molecule has 2 aromatic carbocycles. The van der Waals surface area contributed by atoms with Gasteiger partial charge in [0.05, 0.1) is 0 Å². The highest BCUT2D eigenvalue weighted by atomic mass is 35.5. The molecule has 0 spiro atoms. The Kier molecular flexibility index (Phi) is 6.38. The van der Waals surface area contributed by atoms with E-state index in [1.807, 2.05) is 24.3 Å². The van der Waals surface area contributed by atoms with Crippen LogP contribution in [0.15, 0.2) is 42.5 Å². The summed E-state index contributed by atoms with van der Waals surface area (Å²) in [5.74, 6) is -1.18. The number of nitrogens with two attached hydrogens (primary N) is 1. The van der Waals surface area contributed by atoms with Gasteiger partial charge in [-0.25, -0.2) is 4.79 Å². The van der Waals surface area contributed by atoms with Crippen molar-refractivity contribution in [3.05, 3.63) is 58.6 Å². The molecule has 1 aliphatic rings. The Morgan fingerprint density at radius 3 is 2.39 bits per heavy atom. The van der Waals surface area contributed by atoms with Gasteiger partial charge in [-0.1, -0.05) is 23.7 Å². The standard InChI is InChI=1S/C20H22ClN3O4/c21-15-3-1-14(2-4-15)12-23-7-9-24(10-8-23)19(25)13-28-18-6-5-16(22)11-17(18)20(26)27/h1-6,11H,7-10,12-13,22H2,(H,26,27). The molecular formula is C20H22ClN3O4. The minimum atomic E-state index is -1.15. The van der Waals surface area contributed by atoms with E-state index in [4.69, 9.17) is 22.1 Å². The summed E-state index contributed by atoms with van der Waals surface area (Å²) in [7, 11) is 0. The molecule has 0 saturated carbocycles. The second kappa shape index (κ2) is 8.95. The minimum absolute atomic E-state index is 0.0550. The lowest BCUT2D eigenvalue weighted by molar-refractivity contribution is -0.135. The van der Waals surface area contributed by atoms with E-state index in [9.17, 15) is 14.7 Å². The summed E-state index contributed by atoms with van der Waals surface area (Å²) in [5, 5.41) is 9.94. The Morgan fingerprint density at radius 2 is 1.75 bits per heavy atom. The van der Waals surface area contributed by atoms with Crippen LogP contribution in [0.1, 0.15) is 15.9 Å². The Bertz CT molecular complexity index is 849. The summed E-state index contributed by atoms with van der Waals surface area (Å²) in [5.41, 5.74) is 7.06. The number of aromatic carboxylic acids is 1. The highest BCUT2D eigenvalue weighted by Gasteiger charge is 2.22. The highest BCUT2D eigenvalue weighted by molar-refractivity contribution is 6.30. The van der Waals surface area contributed by atoms with Crippen LogP contribution in [-0.4, -0.2) is 59.6 Å². The lowest BCUT2D eigenvalue weighted by Crippen LogP contribution is -2.49. The number of carbonyl (C=O) groups is 2. The smallest absolute Gasteiger partial charge is 0.339 e. The van der Waals surface area contributed by atoms with Gasteiger partial charge >= 0.3 is 5.97 Å². The SMILES string of the molecule is Nc1ccc(OCC(=O)N2CCN(Cc3ccc(Cl)cc3)CC2)c(C(=O)O)c1. The van der Waals surface area contributed by atoms with Crippen molar-refractivity contribution >= 4 is 29.2 Å². The molecule has 0 atom stereocenters. The lowest BCUT2D eigenvalue weighted by atomic mass is 10.2. The average molecular weight is 404 g/mol. The predicted molar refractivity (Wildman–Crippen MR) is 107 cm³/mol. The fourth-order valence-corrected chi connectivity index (χ4v) is 3.20. The monoisotopic (exact) mass is 403 g/mol. The molecule has 1 fully saturated rings. The number of rotatable bonds is 6. The van der Waals surface area contributed by atoms with Gasteiger partial charge in [-0.3, -0.25) is 9.69 Å². The van der Waals surface area contributed by atoms with E-state index >= 15 is 0 Å². The Morgan fingerprint density at radius 1 is 1.07 bits per heavy atom. The van der Waals surface area contributed by atoms with E-state index in [0.717, 1.165) is 19.6 Å². The summed E-state index contributed by atoms with van der Waals surface area (Å²) in [6.07, 6.45) is 0. The van der Waals surface area contributed by atoms with Gasteiger partial charge in [0, 0.05) is 43.4 Å². The maximum Gasteiger partial charge on any atom is 0.339 e. The van der Waals surface area contributed by atoms with Gasteiger partial charge in [0.25, 0.3) is 5.91 Å². The van der Waals surface area contributed by atoms with Gasteiger partial charge in [0.15, 0.2) is 6.61 Å².